The second kappa shape index (κ2) is 10.6. The van der Waals surface area contributed by atoms with E-state index in [0.717, 1.165) is 22.1 Å². The van der Waals surface area contributed by atoms with Crippen molar-refractivity contribution < 1.29 is 4.42 Å². The fourth-order valence-electron chi connectivity index (χ4n) is 8.30. The minimum Gasteiger partial charge on any atom is -0.455 e. The van der Waals surface area contributed by atoms with Gasteiger partial charge in [-0.2, -0.15) is 0 Å². The van der Waals surface area contributed by atoms with Gasteiger partial charge in [-0.25, -0.2) is 0 Å². The van der Waals surface area contributed by atoms with E-state index < -0.39 is 0 Å². The van der Waals surface area contributed by atoms with E-state index in [-0.39, 0.29) is 0 Å². The summed E-state index contributed by atoms with van der Waals surface area (Å²) in [4.78, 5) is 0. The van der Waals surface area contributed by atoms with Gasteiger partial charge in [0.2, 0.25) is 0 Å². The summed E-state index contributed by atoms with van der Waals surface area (Å²) < 4.78 is 8.16. The molecule has 2 aromatic heterocycles. The first-order valence-corrected chi connectivity index (χ1v) is 18.0. The number of benzene rings is 9. The Balaban J connectivity index is 1.19. The SMILES string of the molecule is c1ccc2cc(-c3csc4c3ccc3oc5c(-c6c7ccccc7c(-c7cccc8ccccc78)c7ccccc67)cccc5c34)ccc2c1. The first-order valence-electron chi connectivity index (χ1n) is 17.1. The first kappa shape index (κ1) is 27.7. The van der Waals surface area contributed by atoms with E-state index in [2.05, 4.69) is 169 Å². The van der Waals surface area contributed by atoms with Gasteiger partial charge in [0, 0.05) is 37.5 Å². The fourth-order valence-corrected chi connectivity index (χ4v) is 9.44. The van der Waals surface area contributed by atoms with Gasteiger partial charge >= 0.3 is 0 Å². The lowest BCUT2D eigenvalue weighted by atomic mass is 9.84. The third-order valence-corrected chi connectivity index (χ3v) is 11.5. The van der Waals surface area contributed by atoms with Crippen LogP contribution in [0.15, 0.2) is 174 Å². The highest BCUT2D eigenvalue weighted by molar-refractivity contribution is 7.19. The van der Waals surface area contributed by atoms with Gasteiger partial charge in [-0.1, -0.05) is 146 Å². The molecule has 9 aromatic carbocycles. The number of para-hydroxylation sites is 1. The summed E-state index contributed by atoms with van der Waals surface area (Å²) in [6.45, 7) is 0. The lowest BCUT2D eigenvalue weighted by Gasteiger charge is -2.18. The van der Waals surface area contributed by atoms with Crippen LogP contribution in [0.4, 0.5) is 0 Å². The quantitative estimate of drug-likeness (QED) is 0.173. The molecule has 0 radical (unpaired) electrons. The third-order valence-electron chi connectivity index (χ3n) is 10.5. The predicted octanol–water partition coefficient (Wildman–Crippen LogP) is 14.4. The average Bonchev–Trinajstić information content (AvgIpc) is 3.78. The molecule has 0 atom stereocenters. The van der Waals surface area contributed by atoms with Crippen molar-refractivity contribution >= 4 is 86.5 Å². The molecule has 11 aromatic rings. The molecule has 0 saturated carbocycles. The van der Waals surface area contributed by atoms with Crippen LogP contribution in [0.25, 0.3) is 108 Å². The monoisotopic (exact) mass is 652 g/mol. The van der Waals surface area contributed by atoms with E-state index in [9.17, 15) is 0 Å². The number of furan rings is 1. The van der Waals surface area contributed by atoms with Gasteiger partial charge in [0.25, 0.3) is 0 Å². The molecule has 0 N–H and O–H groups in total. The largest absolute Gasteiger partial charge is 0.455 e. The van der Waals surface area contributed by atoms with Gasteiger partial charge < -0.3 is 4.42 Å². The van der Waals surface area contributed by atoms with Crippen molar-refractivity contribution in [3.8, 4) is 33.4 Å². The summed E-state index contributed by atoms with van der Waals surface area (Å²) in [6, 6.07) is 59.6. The lowest BCUT2D eigenvalue weighted by Crippen LogP contribution is -1.91. The maximum Gasteiger partial charge on any atom is 0.143 e. The maximum atomic E-state index is 6.90. The molecule has 0 aliphatic heterocycles. The molecule has 2 heteroatoms. The van der Waals surface area contributed by atoms with Crippen LogP contribution >= 0.6 is 11.3 Å². The van der Waals surface area contributed by atoms with Gasteiger partial charge in [0.15, 0.2) is 0 Å². The van der Waals surface area contributed by atoms with Crippen LogP contribution < -0.4 is 0 Å². The van der Waals surface area contributed by atoms with Crippen molar-refractivity contribution in [2.45, 2.75) is 0 Å². The van der Waals surface area contributed by atoms with Crippen molar-refractivity contribution in [1.82, 2.24) is 0 Å². The lowest BCUT2D eigenvalue weighted by molar-refractivity contribution is 0.670. The normalized spacial score (nSPS) is 12.0. The highest BCUT2D eigenvalue weighted by Crippen LogP contribution is 2.49. The second-order valence-corrected chi connectivity index (χ2v) is 14.1. The molecule has 1 nitrogen and oxygen atoms in total. The fraction of sp³-hybridized carbons (Fsp3) is 0. The van der Waals surface area contributed by atoms with Crippen LogP contribution in [0.5, 0.6) is 0 Å². The van der Waals surface area contributed by atoms with E-state index in [1.54, 1.807) is 0 Å². The molecule has 50 heavy (non-hydrogen) atoms. The Morgan fingerprint density at radius 2 is 0.960 bits per heavy atom. The zero-order valence-electron chi connectivity index (χ0n) is 27.0. The molecule has 0 aliphatic rings. The number of rotatable bonds is 3. The van der Waals surface area contributed by atoms with Crippen LogP contribution in [0.2, 0.25) is 0 Å². The van der Waals surface area contributed by atoms with Crippen molar-refractivity contribution in [3.05, 3.63) is 169 Å². The Labute approximate surface area is 292 Å². The molecule has 11 rings (SSSR count). The Hall–Kier alpha value is -6.22. The van der Waals surface area contributed by atoms with E-state index in [1.807, 2.05) is 11.3 Å². The third kappa shape index (κ3) is 3.94. The minimum absolute atomic E-state index is 0.924. The van der Waals surface area contributed by atoms with Crippen LogP contribution in [0, 0.1) is 0 Å². The zero-order chi connectivity index (χ0) is 32.8. The molecule has 0 fully saturated rings. The van der Waals surface area contributed by atoms with Crippen molar-refractivity contribution in [1.29, 1.82) is 0 Å². The highest BCUT2D eigenvalue weighted by Gasteiger charge is 2.22. The maximum absolute atomic E-state index is 6.90. The van der Waals surface area contributed by atoms with Gasteiger partial charge in [-0.3, -0.25) is 0 Å². The number of hydrogen-bond donors (Lipinski definition) is 0. The van der Waals surface area contributed by atoms with Crippen LogP contribution in [0.1, 0.15) is 0 Å². The molecule has 0 saturated heterocycles. The van der Waals surface area contributed by atoms with E-state index in [1.165, 1.54) is 86.4 Å². The molecule has 0 amide bonds. The van der Waals surface area contributed by atoms with Gasteiger partial charge in [-0.15, -0.1) is 11.3 Å². The summed E-state index contributed by atoms with van der Waals surface area (Å²) >= 11 is 1.81. The second-order valence-electron chi connectivity index (χ2n) is 13.2. The smallest absolute Gasteiger partial charge is 0.143 e. The summed E-state index contributed by atoms with van der Waals surface area (Å²) in [5, 5.41) is 15.9. The number of fused-ring (bicyclic) bond motifs is 9. The Bertz CT molecular complexity index is 3100. The van der Waals surface area contributed by atoms with Crippen LogP contribution in [-0.4, -0.2) is 0 Å². The zero-order valence-corrected chi connectivity index (χ0v) is 27.8. The summed E-state index contributed by atoms with van der Waals surface area (Å²) in [6.07, 6.45) is 0. The summed E-state index contributed by atoms with van der Waals surface area (Å²) in [5.74, 6) is 0. The van der Waals surface area contributed by atoms with Crippen LogP contribution in [0.3, 0.4) is 0 Å². The molecule has 2 heterocycles. The standard InChI is InChI=1S/C48H28OS/c1-2-13-31-27-32(24-23-29(31)11-1)42-28-50-48-39(42)25-26-43-46(48)41-22-10-21-40(47(41)49-43)45-37-18-7-5-16-35(37)44(36-17-6-8-19-38(36)45)34-20-9-14-30-12-3-4-15-33(30)34/h1-28H. The van der Waals surface area contributed by atoms with E-state index in [0.29, 0.717) is 0 Å². The summed E-state index contributed by atoms with van der Waals surface area (Å²) in [7, 11) is 0. The number of thiophene rings is 1. The number of hydrogen-bond acceptors (Lipinski definition) is 2. The Morgan fingerprint density at radius 1 is 0.380 bits per heavy atom. The molecule has 232 valence electrons. The molecule has 0 aliphatic carbocycles. The molecular formula is C48H28OS. The first-order chi connectivity index (χ1) is 24.8. The van der Waals surface area contributed by atoms with Gasteiger partial charge in [-0.05, 0) is 83.4 Å². The molecular weight excluding hydrogens is 625 g/mol. The predicted molar refractivity (Wildman–Crippen MR) is 215 cm³/mol. The Kier molecular flexibility index (Phi) is 5.89. The van der Waals surface area contributed by atoms with Crippen molar-refractivity contribution in [3.63, 3.8) is 0 Å². The van der Waals surface area contributed by atoms with Crippen molar-refractivity contribution in [2.24, 2.45) is 0 Å². The Morgan fingerprint density at radius 3 is 1.72 bits per heavy atom. The highest BCUT2D eigenvalue weighted by atomic mass is 32.1. The molecule has 0 bridgehead atoms. The van der Waals surface area contributed by atoms with Crippen molar-refractivity contribution in [2.75, 3.05) is 0 Å². The van der Waals surface area contributed by atoms with E-state index in [4.69, 9.17) is 4.42 Å². The van der Waals surface area contributed by atoms with Gasteiger partial charge in [0.1, 0.15) is 11.2 Å². The molecule has 0 spiro atoms. The topological polar surface area (TPSA) is 13.1 Å². The summed E-state index contributed by atoms with van der Waals surface area (Å²) in [5.41, 5.74) is 9.23. The minimum atomic E-state index is 0.924. The van der Waals surface area contributed by atoms with Gasteiger partial charge in [0.05, 0.1) is 0 Å². The van der Waals surface area contributed by atoms with Crippen LogP contribution in [-0.2, 0) is 0 Å². The average molecular weight is 653 g/mol. The van der Waals surface area contributed by atoms with E-state index >= 15 is 0 Å². The molecule has 0 unspecified atom stereocenters.